The van der Waals surface area contributed by atoms with Crippen LogP contribution in [0.15, 0.2) is 30.3 Å². The van der Waals surface area contributed by atoms with Crippen molar-refractivity contribution >= 4 is 17.8 Å². The number of fused-ring (bicyclic) bond motifs is 2. The van der Waals surface area contributed by atoms with Crippen LogP contribution in [0.4, 0.5) is 10.6 Å². The molecule has 4 heterocycles. The number of hydrogen-bond acceptors (Lipinski definition) is 7. The summed E-state index contributed by atoms with van der Waals surface area (Å²) in [5.74, 6) is 2.22. The van der Waals surface area contributed by atoms with Gasteiger partial charge in [0, 0.05) is 26.1 Å². The van der Waals surface area contributed by atoms with Gasteiger partial charge in [0.25, 0.3) is 5.91 Å². The molecular weight excluding hydrogens is 460 g/mol. The molecule has 2 aliphatic heterocycles. The van der Waals surface area contributed by atoms with Crippen LogP contribution < -0.4 is 10.1 Å². The lowest BCUT2D eigenvalue weighted by Gasteiger charge is -2.29. The van der Waals surface area contributed by atoms with Gasteiger partial charge in [0.1, 0.15) is 23.1 Å². The quantitative estimate of drug-likeness (QED) is 0.578. The highest BCUT2D eigenvalue weighted by Crippen LogP contribution is 2.29. The van der Waals surface area contributed by atoms with Crippen molar-refractivity contribution in [3.8, 4) is 17.3 Å². The van der Waals surface area contributed by atoms with Crippen molar-refractivity contribution in [2.75, 3.05) is 19.0 Å². The molecule has 0 unspecified atom stereocenters. The Labute approximate surface area is 209 Å². The lowest BCUT2D eigenvalue weighted by molar-refractivity contribution is 0.0730. The van der Waals surface area contributed by atoms with Gasteiger partial charge in [-0.1, -0.05) is 6.07 Å². The molecule has 0 aliphatic carbocycles. The van der Waals surface area contributed by atoms with Crippen molar-refractivity contribution in [2.24, 2.45) is 0 Å². The van der Waals surface area contributed by atoms with Gasteiger partial charge in [-0.3, -0.25) is 4.79 Å². The number of carbonyl (C=O) groups is 2. The minimum absolute atomic E-state index is 0.192. The molecule has 0 saturated carbocycles. The van der Waals surface area contributed by atoms with E-state index in [1.54, 1.807) is 24.1 Å². The van der Waals surface area contributed by atoms with Crippen LogP contribution in [0.3, 0.4) is 0 Å². The first kappa shape index (κ1) is 23.8. The van der Waals surface area contributed by atoms with E-state index < -0.39 is 0 Å². The second-order valence-electron chi connectivity index (χ2n) is 9.34. The van der Waals surface area contributed by atoms with Crippen LogP contribution in [-0.4, -0.2) is 56.4 Å². The Morgan fingerprint density at radius 1 is 1.06 bits per heavy atom. The predicted molar refractivity (Wildman–Crippen MR) is 133 cm³/mol. The molecule has 0 bridgehead atoms. The van der Waals surface area contributed by atoms with Crippen molar-refractivity contribution < 1.29 is 19.1 Å². The molecule has 1 N–H and O–H groups in total. The molecule has 2 amide bonds. The van der Waals surface area contributed by atoms with Gasteiger partial charge >= 0.3 is 6.09 Å². The van der Waals surface area contributed by atoms with Crippen molar-refractivity contribution in [2.45, 2.75) is 58.7 Å². The number of ether oxygens (including phenoxy) is 2. The summed E-state index contributed by atoms with van der Waals surface area (Å²) < 4.78 is 13.0. The lowest BCUT2D eigenvalue weighted by Crippen LogP contribution is -2.37. The van der Waals surface area contributed by atoms with Crippen molar-refractivity contribution in [1.29, 1.82) is 0 Å². The average Bonchev–Trinajstić information content (AvgIpc) is 3.31. The molecule has 5 rings (SSSR count). The maximum absolute atomic E-state index is 13.3. The summed E-state index contributed by atoms with van der Waals surface area (Å²) in [4.78, 5) is 32.0. The molecule has 10 heteroatoms. The van der Waals surface area contributed by atoms with Crippen LogP contribution in [-0.2, 0) is 30.7 Å². The number of aryl methyl sites for hydroxylation is 1. The minimum atomic E-state index is -0.353. The third-order valence-electron chi connectivity index (χ3n) is 6.45. The molecule has 3 aromatic rings. The zero-order chi connectivity index (χ0) is 25.2. The normalized spacial score (nSPS) is 14.7. The van der Waals surface area contributed by atoms with Crippen LogP contribution in [0.1, 0.15) is 54.0 Å². The Hall–Kier alpha value is -3.95. The van der Waals surface area contributed by atoms with Gasteiger partial charge in [-0.25, -0.2) is 9.78 Å². The van der Waals surface area contributed by atoms with Gasteiger partial charge in [-0.15, -0.1) is 10.2 Å². The summed E-state index contributed by atoms with van der Waals surface area (Å²) in [5, 5.41) is 11.5. The first-order valence-electron chi connectivity index (χ1n) is 12.3. The van der Waals surface area contributed by atoms with Gasteiger partial charge in [0.2, 0.25) is 0 Å². The van der Waals surface area contributed by atoms with E-state index in [1.165, 1.54) is 0 Å². The van der Waals surface area contributed by atoms with E-state index in [9.17, 15) is 9.59 Å². The molecule has 0 spiro atoms. The van der Waals surface area contributed by atoms with E-state index in [-0.39, 0.29) is 18.1 Å². The molecule has 0 atom stereocenters. The van der Waals surface area contributed by atoms with Gasteiger partial charge in [0.15, 0.2) is 5.82 Å². The summed E-state index contributed by atoms with van der Waals surface area (Å²) >= 11 is 0. The van der Waals surface area contributed by atoms with Crippen LogP contribution in [0.5, 0.6) is 5.75 Å². The smallest absolute Gasteiger partial charge is 0.410 e. The number of amides is 2. The Balaban J connectivity index is 1.37. The van der Waals surface area contributed by atoms with Crippen LogP contribution in [0.25, 0.3) is 11.5 Å². The molecule has 10 nitrogen and oxygen atoms in total. The number of benzene rings is 1. The molecule has 2 aliphatic rings. The molecular formula is C26H30N6O4. The van der Waals surface area contributed by atoms with Gasteiger partial charge in [0.05, 0.1) is 18.8 Å². The predicted octanol–water partition coefficient (Wildman–Crippen LogP) is 3.84. The zero-order valence-electron chi connectivity index (χ0n) is 20.8. The summed E-state index contributed by atoms with van der Waals surface area (Å²) in [6.45, 7) is 5.44. The van der Waals surface area contributed by atoms with E-state index in [0.717, 1.165) is 42.8 Å². The molecule has 1 aromatic carbocycles. The third kappa shape index (κ3) is 4.75. The Kier molecular flexibility index (Phi) is 6.58. The number of rotatable bonds is 5. The van der Waals surface area contributed by atoms with Crippen molar-refractivity contribution in [1.82, 2.24) is 24.6 Å². The van der Waals surface area contributed by atoms with E-state index >= 15 is 0 Å². The highest BCUT2D eigenvalue weighted by molar-refractivity contribution is 6.06. The highest BCUT2D eigenvalue weighted by Gasteiger charge is 2.26. The topological polar surface area (TPSA) is 111 Å². The number of hydrogen-bond donors (Lipinski definition) is 1. The summed E-state index contributed by atoms with van der Waals surface area (Å²) in [5.41, 5.74) is 2.98. The zero-order valence-corrected chi connectivity index (χ0v) is 20.8. The fourth-order valence-electron chi connectivity index (χ4n) is 4.68. The Morgan fingerprint density at radius 2 is 1.92 bits per heavy atom. The SMILES string of the molecule is COc1cc2c(cc1C(=O)Nc1cccc(-c3nnc4n3CCCC4)n1)CN(C(=O)OC(C)C)CC2. The average molecular weight is 491 g/mol. The van der Waals surface area contributed by atoms with E-state index in [1.807, 2.05) is 32.0 Å². The first-order chi connectivity index (χ1) is 17.4. The number of nitrogens with one attached hydrogen (secondary N) is 1. The number of nitrogens with zero attached hydrogens (tertiary/aromatic N) is 5. The molecule has 188 valence electrons. The van der Waals surface area contributed by atoms with Crippen LogP contribution in [0.2, 0.25) is 0 Å². The second kappa shape index (κ2) is 9.96. The number of pyridine rings is 1. The Bertz CT molecular complexity index is 1300. The maximum atomic E-state index is 13.3. The van der Waals surface area contributed by atoms with Gasteiger partial charge < -0.3 is 24.3 Å². The molecule has 2 aromatic heterocycles. The first-order valence-corrected chi connectivity index (χ1v) is 12.3. The van der Waals surface area contributed by atoms with Crippen molar-refractivity contribution in [3.05, 3.63) is 52.8 Å². The summed E-state index contributed by atoms with van der Waals surface area (Å²) in [7, 11) is 1.54. The van der Waals surface area contributed by atoms with E-state index in [2.05, 4.69) is 25.1 Å². The van der Waals surface area contributed by atoms with Gasteiger partial charge in [-0.2, -0.15) is 0 Å². The molecule has 0 fully saturated rings. The fraction of sp³-hybridized carbons (Fsp3) is 0.423. The standard InChI is InChI=1S/C26H30N6O4/c1-16(2)36-26(34)31-12-10-17-14-21(35-3)19(13-18(17)15-31)25(33)28-22-8-6-7-20(27-22)24-30-29-23-9-4-5-11-32(23)24/h6-8,13-14,16H,4-5,9-12,15H2,1-3H3,(H,27,28,33). The number of aromatic nitrogens is 4. The van der Waals surface area contributed by atoms with Gasteiger partial charge in [-0.05, 0) is 68.5 Å². The van der Waals surface area contributed by atoms with E-state index in [0.29, 0.717) is 48.2 Å². The summed E-state index contributed by atoms with van der Waals surface area (Å²) in [6.07, 6.45) is 3.22. The molecule has 36 heavy (non-hydrogen) atoms. The molecule has 0 radical (unpaired) electrons. The monoisotopic (exact) mass is 490 g/mol. The summed E-state index contributed by atoms with van der Waals surface area (Å²) in [6, 6.07) is 9.11. The van der Waals surface area contributed by atoms with Crippen LogP contribution >= 0.6 is 0 Å². The number of anilines is 1. The third-order valence-corrected chi connectivity index (χ3v) is 6.45. The largest absolute Gasteiger partial charge is 0.496 e. The second-order valence-corrected chi connectivity index (χ2v) is 9.34. The fourth-order valence-corrected chi connectivity index (χ4v) is 4.68. The Morgan fingerprint density at radius 3 is 2.72 bits per heavy atom. The molecule has 0 saturated heterocycles. The highest BCUT2D eigenvalue weighted by atomic mass is 16.6. The number of methoxy groups -OCH3 is 1. The number of carbonyl (C=O) groups excluding carboxylic acids is 2. The van der Waals surface area contributed by atoms with E-state index in [4.69, 9.17) is 9.47 Å². The maximum Gasteiger partial charge on any atom is 0.410 e. The van der Waals surface area contributed by atoms with Crippen molar-refractivity contribution in [3.63, 3.8) is 0 Å². The lowest BCUT2D eigenvalue weighted by atomic mass is 9.96. The van der Waals surface area contributed by atoms with Crippen LogP contribution in [0, 0.1) is 0 Å². The minimum Gasteiger partial charge on any atom is -0.496 e.